The highest BCUT2D eigenvalue weighted by Crippen LogP contribution is 2.56. The lowest BCUT2D eigenvalue weighted by molar-refractivity contribution is 0.218. The van der Waals surface area contributed by atoms with E-state index in [4.69, 9.17) is 9.05 Å². The molecule has 0 aliphatic heterocycles. The molecule has 0 heterocycles. The van der Waals surface area contributed by atoms with E-state index >= 15 is 0 Å². The number of halogens is 1. The number of hydrogen-bond acceptors (Lipinski definition) is 3. The minimum absolute atomic E-state index is 0.531. The summed E-state index contributed by atoms with van der Waals surface area (Å²) in [7, 11) is 0. The van der Waals surface area contributed by atoms with E-state index in [0.717, 1.165) is 25.7 Å². The zero-order valence-electron chi connectivity index (χ0n) is 8.29. The summed E-state index contributed by atoms with van der Waals surface area (Å²) in [4.78, 5) is 0. The minimum atomic E-state index is -2.78. The van der Waals surface area contributed by atoms with Crippen molar-refractivity contribution in [1.82, 2.24) is 0 Å². The van der Waals surface area contributed by atoms with E-state index in [-0.39, 0.29) is 0 Å². The Bertz CT molecular complexity index is 149. The molecule has 5 heteroatoms. The van der Waals surface area contributed by atoms with E-state index in [1.165, 1.54) is 0 Å². The van der Waals surface area contributed by atoms with Gasteiger partial charge in [0.15, 0.2) is 0 Å². The van der Waals surface area contributed by atoms with Crippen molar-refractivity contribution in [3.63, 3.8) is 0 Å². The lowest BCUT2D eigenvalue weighted by atomic mass is 10.4. The first-order chi connectivity index (χ1) is 6.12. The van der Waals surface area contributed by atoms with Gasteiger partial charge in [-0.15, -0.1) is 0 Å². The first-order valence-electron chi connectivity index (χ1n) is 4.71. The highest BCUT2D eigenvalue weighted by Gasteiger charge is 2.18. The van der Waals surface area contributed by atoms with Crippen molar-refractivity contribution < 1.29 is 13.6 Å². The first-order valence-corrected chi connectivity index (χ1v) is 9.04. The molecular formula is C8H18IO3P. The summed E-state index contributed by atoms with van der Waals surface area (Å²) in [5, 5.41) is -2.78. The van der Waals surface area contributed by atoms with Gasteiger partial charge < -0.3 is 9.05 Å². The third kappa shape index (κ3) is 9.19. The summed E-state index contributed by atoms with van der Waals surface area (Å²) >= 11 is 1.77. The number of unbranched alkanes of at least 4 members (excludes halogenated alkanes) is 2. The lowest BCUT2D eigenvalue weighted by Gasteiger charge is -2.11. The fraction of sp³-hybridized carbons (Fsp3) is 1.00. The fourth-order valence-corrected chi connectivity index (χ4v) is 2.62. The SMILES string of the molecule is CCCCOP(=O)(I)OCCCC. The van der Waals surface area contributed by atoms with E-state index in [1.54, 1.807) is 22.0 Å². The van der Waals surface area contributed by atoms with Crippen LogP contribution >= 0.6 is 27.3 Å². The van der Waals surface area contributed by atoms with Crippen LogP contribution in [0.25, 0.3) is 0 Å². The van der Waals surface area contributed by atoms with Gasteiger partial charge in [-0.25, -0.2) is 4.57 Å². The van der Waals surface area contributed by atoms with Crippen molar-refractivity contribution in [1.29, 1.82) is 0 Å². The topological polar surface area (TPSA) is 35.5 Å². The van der Waals surface area contributed by atoms with Gasteiger partial charge in [0.05, 0.1) is 35.3 Å². The molecule has 0 aromatic carbocycles. The lowest BCUT2D eigenvalue weighted by Crippen LogP contribution is -1.94. The van der Waals surface area contributed by atoms with Gasteiger partial charge in [-0.2, -0.15) is 0 Å². The summed E-state index contributed by atoms with van der Waals surface area (Å²) in [6, 6.07) is 0. The first kappa shape index (κ1) is 13.9. The highest BCUT2D eigenvalue weighted by molar-refractivity contribution is 14.2. The summed E-state index contributed by atoms with van der Waals surface area (Å²) in [6.07, 6.45) is 3.96. The molecule has 0 radical (unpaired) electrons. The highest BCUT2D eigenvalue weighted by atomic mass is 127. The molecular weight excluding hydrogens is 302 g/mol. The van der Waals surface area contributed by atoms with Gasteiger partial charge in [-0.3, -0.25) is 0 Å². The molecule has 0 rings (SSSR count). The maximum absolute atomic E-state index is 11.5. The van der Waals surface area contributed by atoms with Crippen molar-refractivity contribution in [2.45, 2.75) is 39.5 Å². The largest absolute Gasteiger partial charge is 0.388 e. The molecule has 0 bridgehead atoms. The van der Waals surface area contributed by atoms with E-state index in [0.29, 0.717) is 13.2 Å². The van der Waals surface area contributed by atoms with E-state index in [1.807, 2.05) is 0 Å². The molecule has 0 unspecified atom stereocenters. The van der Waals surface area contributed by atoms with E-state index in [2.05, 4.69) is 13.8 Å². The van der Waals surface area contributed by atoms with E-state index in [9.17, 15) is 4.57 Å². The maximum Gasteiger partial charge on any atom is 0.388 e. The molecule has 0 saturated carbocycles. The smallest absolute Gasteiger partial charge is 0.301 e. The van der Waals surface area contributed by atoms with Crippen LogP contribution in [0, 0.1) is 0 Å². The Labute approximate surface area is 93.6 Å². The molecule has 0 aliphatic carbocycles. The van der Waals surface area contributed by atoms with Gasteiger partial charge in [0, 0.05) is 0 Å². The van der Waals surface area contributed by atoms with Crippen LogP contribution in [0.1, 0.15) is 39.5 Å². The zero-order valence-corrected chi connectivity index (χ0v) is 11.3. The van der Waals surface area contributed by atoms with Crippen LogP contribution in [0.15, 0.2) is 0 Å². The second-order valence-electron chi connectivity index (χ2n) is 2.80. The quantitative estimate of drug-likeness (QED) is 0.383. The molecule has 13 heavy (non-hydrogen) atoms. The molecule has 3 nitrogen and oxygen atoms in total. The molecule has 0 fully saturated rings. The summed E-state index contributed by atoms with van der Waals surface area (Å²) in [5.41, 5.74) is 0. The standard InChI is InChI=1S/C8H18IO3P/c1-3-5-7-11-13(9,10)12-8-6-4-2/h3-8H2,1-2H3. The van der Waals surface area contributed by atoms with Gasteiger partial charge in [0.2, 0.25) is 0 Å². The number of rotatable bonds is 8. The third-order valence-electron chi connectivity index (χ3n) is 1.49. The normalized spacial score (nSPS) is 11.9. The summed E-state index contributed by atoms with van der Waals surface area (Å²) < 4.78 is 21.8. The molecule has 0 saturated heterocycles. The molecule has 0 N–H and O–H groups in total. The van der Waals surface area contributed by atoms with Crippen molar-refractivity contribution >= 4 is 27.3 Å². The Balaban J connectivity index is 3.49. The van der Waals surface area contributed by atoms with Gasteiger partial charge in [0.1, 0.15) is 0 Å². The second kappa shape index (κ2) is 8.21. The third-order valence-corrected chi connectivity index (χ3v) is 4.14. The monoisotopic (exact) mass is 320 g/mol. The second-order valence-corrected chi connectivity index (χ2v) is 7.73. The van der Waals surface area contributed by atoms with Gasteiger partial charge in [0.25, 0.3) is 0 Å². The van der Waals surface area contributed by atoms with Crippen molar-refractivity contribution in [2.24, 2.45) is 0 Å². The predicted molar refractivity (Wildman–Crippen MR) is 63.3 cm³/mol. The summed E-state index contributed by atoms with van der Waals surface area (Å²) in [6.45, 7) is 5.20. The maximum atomic E-state index is 11.5. The average molecular weight is 320 g/mol. The molecule has 0 aliphatic rings. The fourth-order valence-electron chi connectivity index (χ4n) is 0.673. The molecule has 80 valence electrons. The van der Waals surface area contributed by atoms with Crippen LogP contribution in [0.2, 0.25) is 0 Å². The Morgan fingerprint density at radius 2 is 1.46 bits per heavy atom. The molecule has 0 aromatic rings. The van der Waals surface area contributed by atoms with Gasteiger partial charge >= 0.3 is 5.24 Å². The Hall–Kier alpha value is 0.880. The average Bonchev–Trinajstić information content (AvgIpc) is 2.05. The molecule has 0 spiro atoms. The van der Waals surface area contributed by atoms with Crippen LogP contribution in [0.3, 0.4) is 0 Å². The van der Waals surface area contributed by atoms with Gasteiger partial charge in [-0.1, -0.05) is 26.7 Å². The van der Waals surface area contributed by atoms with Crippen LogP contribution in [0.5, 0.6) is 0 Å². The number of hydrogen-bond donors (Lipinski definition) is 0. The van der Waals surface area contributed by atoms with Gasteiger partial charge in [-0.05, 0) is 12.8 Å². The minimum Gasteiger partial charge on any atom is -0.301 e. The van der Waals surface area contributed by atoms with Crippen LogP contribution in [-0.4, -0.2) is 13.2 Å². The predicted octanol–water partition coefficient (Wildman–Crippen LogP) is 4.16. The Morgan fingerprint density at radius 1 is 1.08 bits per heavy atom. The van der Waals surface area contributed by atoms with E-state index < -0.39 is 5.24 Å². The summed E-state index contributed by atoms with van der Waals surface area (Å²) in [5.74, 6) is 0. The Kier molecular flexibility index (Phi) is 8.77. The van der Waals surface area contributed by atoms with Crippen LogP contribution < -0.4 is 0 Å². The zero-order chi connectivity index (χ0) is 10.2. The Morgan fingerprint density at radius 3 is 1.77 bits per heavy atom. The van der Waals surface area contributed by atoms with Crippen molar-refractivity contribution in [2.75, 3.05) is 13.2 Å². The molecule has 0 amide bonds. The van der Waals surface area contributed by atoms with Crippen LogP contribution in [0.4, 0.5) is 0 Å². The van der Waals surface area contributed by atoms with Crippen LogP contribution in [-0.2, 0) is 13.6 Å². The molecule has 0 atom stereocenters. The van der Waals surface area contributed by atoms with Crippen molar-refractivity contribution in [3.05, 3.63) is 0 Å². The van der Waals surface area contributed by atoms with Crippen molar-refractivity contribution in [3.8, 4) is 0 Å². The molecule has 0 aromatic heterocycles.